The van der Waals surface area contributed by atoms with Gasteiger partial charge in [-0.25, -0.2) is 9.97 Å². The molecule has 25 heavy (non-hydrogen) atoms. The third-order valence-corrected chi connectivity index (χ3v) is 5.93. The molecule has 4 rings (SSSR count). The average molecular weight is 399 g/mol. The van der Waals surface area contributed by atoms with Crippen molar-refractivity contribution >= 4 is 27.5 Å². The third-order valence-electron chi connectivity index (χ3n) is 5.52. The van der Waals surface area contributed by atoms with E-state index in [0.717, 1.165) is 46.8 Å². The number of benzene rings is 1. The molecule has 1 aromatic heterocycles. The molecule has 0 amide bonds. The minimum atomic E-state index is -0.600. The molecule has 1 unspecified atom stereocenters. The van der Waals surface area contributed by atoms with Gasteiger partial charge >= 0.3 is 0 Å². The number of ketones is 2. The molecule has 2 aliphatic rings. The lowest BCUT2D eigenvalue weighted by molar-refractivity contribution is -0.135. The molecule has 1 heterocycles. The molecule has 2 aromatic rings. The zero-order chi connectivity index (χ0) is 17.6. The SMILES string of the molecule is CCc1ccc(-c2ncc(Br)cn2)cc1C1C(=O)[C@@H]2CC[C@@H](C2)C1=O. The van der Waals surface area contributed by atoms with Crippen LogP contribution in [0.15, 0.2) is 35.1 Å². The Morgan fingerprint density at radius 1 is 1.08 bits per heavy atom. The largest absolute Gasteiger partial charge is 0.298 e. The highest BCUT2D eigenvalue weighted by molar-refractivity contribution is 9.10. The molecule has 2 aliphatic carbocycles. The first-order valence-corrected chi connectivity index (χ1v) is 9.56. The number of Topliss-reactive ketones (excluding diaryl/α,β-unsaturated/α-hetero) is 2. The summed E-state index contributed by atoms with van der Waals surface area (Å²) in [6, 6.07) is 5.93. The van der Waals surface area contributed by atoms with Gasteiger partial charge in [0.2, 0.25) is 0 Å². The van der Waals surface area contributed by atoms with E-state index >= 15 is 0 Å². The molecule has 0 spiro atoms. The molecule has 0 N–H and O–H groups in total. The van der Waals surface area contributed by atoms with Crippen LogP contribution in [-0.2, 0) is 16.0 Å². The standard InChI is InChI=1S/C20H19BrN2O2/c1-2-11-3-6-14(20-22-9-15(21)10-23-20)8-16(11)17-18(24)12-4-5-13(7-12)19(17)25/h3,6,8-10,12-13,17H,2,4-5,7H2,1H3/t12-,13+,17?. The van der Waals surface area contributed by atoms with E-state index in [4.69, 9.17) is 0 Å². The van der Waals surface area contributed by atoms with Gasteiger partial charge in [0.05, 0.1) is 4.47 Å². The molecule has 3 atom stereocenters. The number of halogens is 1. The number of nitrogens with zero attached hydrogens (tertiary/aromatic N) is 2. The van der Waals surface area contributed by atoms with Gasteiger partial charge in [-0.05, 0) is 58.8 Å². The number of hydrogen-bond donors (Lipinski definition) is 0. The molecule has 5 heteroatoms. The highest BCUT2D eigenvalue weighted by Crippen LogP contribution is 2.45. The van der Waals surface area contributed by atoms with Crippen molar-refractivity contribution in [2.75, 3.05) is 0 Å². The summed E-state index contributed by atoms with van der Waals surface area (Å²) in [4.78, 5) is 34.5. The van der Waals surface area contributed by atoms with Gasteiger partial charge < -0.3 is 0 Å². The maximum absolute atomic E-state index is 12.9. The average Bonchev–Trinajstić information content (AvgIpc) is 3.08. The van der Waals surface area contributed by atoms with Crippen LogP contribution in [0.4, 0.5) is 0 Å². The van der Waals surface area contributed by atoms with Crippen LogP contribution in [0.5, 0.6) is 0 Å². The second-order valence-electron chi connectivity index (χ2n) is 6.94. The summed E-state index contributed by atoms with van der Waals surface area (Å²) >= 11 is 3.34. The van der Waals surface area contributed by atoms with Crippen molar-refractivity contribution in [3.63, 3.8) is 0 Å². The van der Waals surface area contributed by atoms with Crippen LogP contribution in [0.25, 0.3) is 11.4 Å². The fraction of sp³-hybridized carbons (Fsp3) is 0.400. The Kier molecular flexibility index (Phi) is 4.28. The minimum absolute atomic E-state index is 0.0602. The van der Waals surface area contributed by atoms with E-state index in [0.29, 0.717) is 5.82 Å². The number of carbonyl (C=O) groups is 2. The lowest BCUT2D eigenvalue weighted by atomic mass is 9.73. The molecular weight excluding hydrogens is 380 g/mol. The minimum Gasteiger partial charge on any atom is -0.298 e. The van der Waals surface area contributed by atoms with Gasteiger partial charge in [0, 0.05) is 29.8 Å². The monoisotopic (exact) mass is 398 g/mol. The molecule has 2 fully saturated rings. The molecule has 0 saturated heterocycles. The fourth-order valence-electron chi connectivity index (χ4n) is 4.20. The molecule has 2 saturated carbocycles. The Balaban J connectivity index is 1.80. The van der Waals surface area contributed by atoms with E-state index in [1.165, 1.54) is 0 Å². The van der Waals surface area contributed by atoms with Gasteiger partial charge in [0.25, 0.3) is 0 Å². The normalized spacial score (nSPS) is 25.4. The molecule has 2 bridgehead atoms. The number of aromatic nitrogens is 2. The third kappa shape index (κ3) is 2.84. The van der Waals surface area contributed by atoms with Crippen molar-refractivity contribution < 1.29 is 9.59 Å². The fourth-order valence-corrected chi connectivity index (χ4v) is 4.41. The summed E-state index contributed by atoms with van der Waals surface area (Å²) < 4.78 is 0.816. The van der Waals surface area contributed by atoms with Crippen LogP contribution in [0.3, 0.4) is 0 Å². The highest BCUT2D eigenvalue weighted by Gasteiger charge is 2.47. The molecule has 128 valence electrons. The van der Waals surface area contributed by atoms with Crippen molar-refractivity contribution in [1.29, 1.82) is 0 Å². The molecule has 0 aliphatic heterocycles. The Labute approximate surface area is 155 Å². The number of aryl methyl sites for hydroxylation is 1. The second-order valence-corrected chi connectivity index (χ2v) is 7.85. The smallest absolute Gasteiger partial charge is 0.159 e. The van der Waals surface area contributed by atoms with Crippen LogP contribution in [0.2, 0.25) is 0 Å². The van der Waals surface area contributed by atoms with E-state index in [1.807, 2.05) is 18.2 Å². The molecule has 1 aromatic carbocycles. The Hall–Kier alpha value is -1.88. The maximum Gasteiger partial charge on any atom is 0.159 e. The van der Waals surface area contributed by atoms with E-state index < -0.39 is 5.92 Å². The van der Waals surface area contributed by atoms with Crippen LogP contribution in [0.1, 0.15) is 43.2 Å². The van der Waals surface area contributed by atoms with Crippen LogP contribution in [0, 0.1) is 11.8 Å². The van der Waals surface area contributed by atoms with Gasteiger partial charge in [0.15, 0.2) is 17.4 Å². The van der Waals surface area contributed by atoms with Gasteiger partial charge in [0.1, 0.15) is 5.92 Å². The number of rotatable bonds is 3. The Morgan fingerprint density at radius 2 is 1.72 bits per heavy atom. The van der Waals surface area contributed by atoms with Crippen molar-refractivity contribution in [3.05, 3.63) is 46.2 Å². The van der Waals surface area contributed by atoms with Crippen LogP contribution in [-0.4, -0.2) is 21.5 Å². The summed E-state index contributed by atoms with van der Waals surface area (Å²) in [6.07, 6.45) is 6.68. The van der Waals surface area contributed by atoms with E-state index in [9.17, 15) is 9.59 Å². The Morgan fingerprint density at radius 3 is 2.32 bits per heavy atom. The second kappa shape index (κ2) is 6.45. The maximum atomic E-state index is 12.9. The van der Waals surface area contributed by atoms with Crippen molar-refractivity contribution in [2.24, 2.45) is 11.8 Å². The molecular formula is C20H19BrN2O2. The number of carbonyl (C=O) groups excluding carboxylic acids is 2. The summed E-state index contributed by atoms with van der Waals surface area (Å²) in [7, 11) is 0. The molecule has 4 nitrogen and oxygen atoms in total. The zero-order valence-corrected chi connectivity index (χ0v) is 15.6. The van der Waals surface area contributed by atoms with E-state index in [-0.39, 0.29) is 23.4 Å². The topological polar surface area (TPSA) is 59.9 Å². The Bertz CT molecular complexity index is 825. The van der Waals surface area contributed by atoms with Crippen molar-refractivity contribution in [3.8, 4) is 11.4 Å². The first-order chi connectivity index (χ1) is 12.1. The van der Waals surface area contributed by atoms with E-state index in [2.05, 4.69) is 32.8 Å². The number of fused-ring (bicyclic) bond motifs is 2. The van der Waals surface area contributed by atoms with Gasteiger partial charge in [-0.2, -0.15) is 0 Å². The summed E-state index contributed by atoms with van der Waals surface area (Å²) in [5.74, 6) is 0.349. The summed E-state index contributed by atoms with van der Waals surface area (Å²) in [5, 5.41) is 0. The van der Waals surface area contributed by atoms with Gasteiger partial charge in [-0.3, -0.25) is 9.59 Å². The predicted octanol–water partition coefficient (Wildman–Crippen LogP) is 4.12. The van der Waals surface area contributed by atoms with Crippen molar-refractivity contribution in [2.45, 2.75) is 38.5 Å². The van der Waals surface area contributed by atoms with Gasteiger partial charge in [-0.15, -0.1) is 0 Å². The van der Waals surface area contributed by atoms with Crippen LogP contribution >= 0.6 is 15.9 Å². The summed E-state index contributed by atoms with van der Waals surface area (Å²) in [6.45, 7) is 2.06. The summed E-state index contributed by atoms with van der Waals surface area (Å²) in [5.41, 5.74) is 2.77. The quantitative estimate of drug-likeness (QED) is 0.729. The van der Waals surface area contributed by atoms with Crippen LogP contribution < -0.4 is 0 Å². The number of hydrogen-bond acceptors (Lipinski definition) is 4. The van der Waals surface area contributed by atoms with Crippen molar-refractivity contribution in [1.82, 2.24) is 9.97 Å². The first-order valence-electron chi connectivity index (χ1n) is 8.76. The lowest BCUT2D eigenvalue weighted by Crippen LogP contribution is -2.35. The lowest BCUT2D eigenvalue weighted by Gasteiger charge is -2.27. The van der Waals surface area contributed by atoms with E-state index in [1.54, 1.807) is 12.4 Å². The highest BCUT2D eigenvalue weighted by atomic mass is 79.9. The first kappa shape index (κ1) is 16.6. The predicted molar refractivity (Wildman–Crippen MR) is 98.1 cm³/mol. The molecule has 0 radical (unpaired) electrons. The zero-order valence-electron chi connectivity index (χ0n) is 14.0. The van der Waals surface area contributed by atoms with Gasteiger partial charge in [-0.1, -0.05) is 19.1 Å².